The van der Waals surface area contributed by atoms with E-state index in [0.717, 1.165) is 37.3 Å². The van der Waals surface area contributed by atoms with E-state index < -0.39 is 55.4 Å². The molecule has 0 unspecified atom stereocenters. The number of carbonyl (C=O) groups is 2. The highest BCUT2D eigenvalue weighted by molar-refractivity contribution is 7.90. The van der Waals surface area contributed by atoms with Gasteiger partial charge in [-0.2, -0.15) is 13.2 Å². The Morgan fingerprint density at radius 3 is 2.16 bits per heavy atom. The van der Waals surface area contributed by atoms with E-state index in [9.17, 15) is 46.4 Å². The van der Waals surface area contributed by atoms with E-state index in [-0.39, 0.29) is 16.5 Å². The van der Waals surface area contributed by atoms with Crippen molar-refractivity contribution in [2.75, 3.05) is 0 Å². The first-order valence-corrected chi connectivity index (χ1v) is 9.65. The number of carbonyl (C=O) groups excluding carboxylic acids is 1. The quantitative estimate of drug-likeness (QED) is 0.293. The number of carboxylic acids is 1. The van der Waals surface area contributed by atoms with Crippen LogP contribution in [0.5, 0.6) is 0 Å². The maximum atomic E-state index is 12.9. The molecule has 2 rings (SSSR count). The van der Waals surface area contributed by atoms with Crippen LogP contribution in [0, 0.1) is 10.1 Å². The molecule has 0 saturated carbocycles. The summed E-state index contributed by atoms with van der Waals surface area (Å²) in [5.41, 5.74) is -3.54. The van der Waals surface area contributed by atoms with Gasteiger partial charge in [-0.15, -0.1) is 0 Å². The molecular weight excluding hydrogens is 445 g/mol. The topological polar surface area (TPSA) is 144 Å². The van der Waals surface area contributed by atoms with Crippen LogP contribution in [0.25, 0.3) is 11.6 Å². The van der Waals surface area contributed by atoms with Crippen molar-refractivity contribution in [2.24, 2.45) is 0 Å². The molecule has 0 heterocycles. The van der Waals surface area contributed by atoms with Gasteiger partial charge in [-0.05, 0) is 35.9 Å². The highest BCUT2D eigenvalue weighted by atomic mass is 32.2. The van der Waals surface area contributed by atoms with Gasteiger partial charge in [0.2, 0.25) is 5.91 Å². The molecule has 13 heteroatoms. The van der Waals surface area contributed by atoms with Crippen molar-refractivity contribution in [1.29, 1.82) is 0 Å². The number of sulfonamides is 1. The summed E-state index contributed by atoms with van der Waals surface area (Å²) in [5, 5.41) is 20.7. The largest absolute Gasteiger partial charge is 0.478 e. The van der Waals surface area contributed by atoms with E-state index in [1.807, 2.05) is 0 Å². The Balaban J connectivity index is 2.56. The van der Waals surface area contributed by atoms with Crippen molar-refractivity contribution < 1.29 is 41.2 Å². The Morgan fingerprint density at radius 2 is 1.71 bits per heavy atom. The standard InChI is InChI=1S/C18H13F3N2O7S/c1-10(24)22-31(29,30)13-5-2-11(3-6-13)8-15(17(25)26)14-7-4-12(18(19,20)21)9-16(14)23(27)28/h2-9H,1H3,(H,22,24)(H,25,26)/b15-8+. The molecule has 0 saturated heterocycles. The second-order valence-corrected chi connectivity index (χ2v) is 7.76. The Hall–Kier alpha value is -3.74. The van der Waals surface area contributed by atoms with Crippen LogP contribution in [-0.4, -0.2) is 30.3 Å². The van der Waals surface area contributed by atoms with Gasteiger partial charge in [0.1, 0.15) is 0 Å². The predicted molar refractivity (Wildman–Crippen MR) is 101 cm³/mol. The molecule has 0 atom stereocenters. The molecule has 1 amide bonds. The Bertz CT molecular complexity index is 1190. The lowest BCUT2D eigenvalue weighted by atomic mass is 9.99. The summed E-state index contributed by atoms with van der Waals surface area (Å²) in [6.45, 7) is 0.991. The van der Waals surface area contributed by atoms with Gasteiger partial charge in [-0.25, -0.2) is 17.9 Å². The Kier molecular flexibility index (Phi) is 6.49. The maximum absolute atomic E-state index is 12.9. The molecule has 0 aliphatic carbocycles. The molecular formula is C18H13F3N2O7S. The van der Waals surface area contributed by atoms with Gasteiger partial charge in [0.25, 0.3) is 15.7 Å². The number of alkyl halides is 3. The minimum absolute atomic E-state index is 0.0911. The zero-order valence-electron chi connectivity index (χ0n) is 15.5. The van der Waals surface area contributed by atoms with Crippen LogP contribution in [0.15, 0.2) is 47.4 Å². The van der Waals surface area contributed by atoms with Crippen molar-refractivity contribution in [2.45, 2.75) is 18.0 Å². The van der Waals surface area contributed by atoms with E-state index >= 15 is 0 Å². The average molecular weight is 458 g/mol. The molecule has 0 spiro atoms. The minimum Gasteiger partial charge on any atom is -0.478 e. The number of amides is 1. The fourth-order valence-electron chi connectivity index (χ4n) is 2.50. The zero-order valence-corrected chi connectivity index (χ0v) is 16.3. The molecule has 0 aliphatic rings. The third-order valence-corrected chi connectivity index (χ3v) is 5.27. The SMILES string of the molecule is CC(=O)NS(=O)(=O)c1ccc(/C=C(/C(=O)O)c2ccc(C(F)(F)F)cc2[N+](=O)[O-])cc1. The number of aliphatic carboxylic acids is 1. The highest BCUT2D eigenvalue weighted by Gasteiger charge is 2.34. The van der Waals surface area contributed by atoms with Crippen LogP contribution in [0.4, 0.5) is 18.9 Å². The van der Waals surface area contributed by atoms with E-state index in [0.29, 0.717) is 12.1 Å². The van der Waals surface area contributed by atoms with Crippen LogP contribution < -0.4 is 4.72 Å². The number of nitrogens with one attached hydrogen (secondary N) is 1. The van der Waals surface area contributed by atoms with E-state index in [1.54, 1.807) is 4.72 Å². The number of nitro benzene ring substituents is 1. The van der Waals surface area contributed by atoms with Gasteiger partial charge in [-0.1, -0.05) is 12.1 Å². The van der Waals surface area contributed by atoms with Crippen LogP contribution in [0.1, 0.15) is 23.6 Å². The van der Waals surface area contributed by atoms with Crippen molar-refractivity contribution in [3.8, 4) is 0 Å². The first-order valence-electron chi connectivity index (χ1n) is 8.17. The molecule has 2 N–H and O–H groups in total. The number of benzene rings is 2. The molecule has 164 valence electrons. The number of carboxylic acid groups (broad SMARTS) is 1. The summed E-state index contributed by atoms with van der Waals surface area (Å²) < 4.78 is 64.2. The molecule has 0 aliphatic heterocycles. The number of hydrogen-bond acceptors (Lipinski definition) is 6. The van der Waals surface area contributed by atoms with E-state index in [1.165, 1.54) is 0 Å². The second kappa shape index (κ2) is 8.55. The van der Waals surface area contributed by atoms with Crippen molar-refractivity contribution in [3.63, 3.8) is 0 Å². The first-order chi connectivity index (χ1) is 14.2. The molecule has 2 aromatic rings. The lowest BCUT2D eigenvalue weighted by molar-refractivity contribution is -0.385. The van der Waals surface area contributed by atoms with Gasteiger partial charge in [0.05, 0.1) is 26.5 Å². The fraction of sp³-hybridized carbons (Fsp3) is 0.111. The minimum atomic E-state index is -4.87. The normalized spacial score (nSPS) is 12.3. The summed E-state index contributed by atoms with van der Waals surface area (Å²) >= 11 is 0. The summed E-state index contributed by atoms with van der Waals surface area (Å²) in [4.78, 5) is 32.4. The molecule has 2 aromatic carbocycles. The summed E-state index contributed by atoms with van der Waals surface area (Å²) in [7, 11) is -4.14. The smallest absolute Gasteiger partial charge is 0.416 e. The summed E-state index contributed by atoms with van der Waals surface area (Å²) in [5.74, 6) is -2.48. The van der Waals surface area contributed by atoms with E-state index in [4.69, 9.17) is 0 Å². The van der Waals surface area contributed by atoms with Gasteiger partial charge < -0.3 is 5.11 Å². The van der Waals surface area contributed by atoms with Crippen molar-refractivity contribution in [1.82, 2.24) is 4.72 Å². The maximum Gasteiger partial charge on any atom is 0.416 e. The van der Waals surface area contributed by atoms with Gasteiger partial charge in [-0.3, -0.25) is 14.9 Å². The monoisotopic (exact) mass is 458 g/mol. The molecule has 0 fully saturated rings. The van der Waals surface area contributed by atoms with Crippen LogP contribution in [0.2, 0.25) is 0 Å². The third-order valence-electron chi connectivity index (χ3n) is 3.82. The lowest BCUT2D eigenvalue weighted by Gasteiger charge is -2.10. The number of hydrogen-bond donors (Lipinski definition) is 2. The lowest BCUT2D eigenvalue weighted by Crippen LogP contribution is -2.28. The van der Waals surface area contributed by atoms with Gasteiger partial charge >= 0.3 is 12.1 Å². The fourth-order valence-corrected chi connectivity index (χ4v) is 3.49. The number of nitrogens with zero attached hydrogens (tertiary/aromatic N) is 1. The average Bonchev–Trinajstić information content (AvgIpc) is 2.64. The third kappa shape index (κ3) is 5.66. The second-order valence-electron chi connectivity index (χ2n) is 6.08. The summed E-state index contributed by atoms with van der Waals surface area (Å²) in [6.07, 6.45) is -3.93. The van der Waals surface area contributed by atoms with Crippen LogP contribution >= 0.6 is 0 Å². The van der Waals surface area contributed by atoms with E-state index in [2.05, 4.69) is 0 Å². The Morgan fingerprint density at radius 1 is 1.13 bits per heavy atom. The Labute approximate surface area is 173 Å². The van der Waals surface area contributed by atoms with Gasteiger partial charge in [0, 0.05) is 13.0 Å². The molecule has 0 aromatic heterocycles. The van der Waals surface area contributed by atoms with Crippen LogP contribution in [-0.2, 0) is 25.8 Å². The molecule has 31 heavy (non-hydrogen) atoms. The number of rotatable bonds is 6. The number of nitro groups is 1. The number of halogens is 3. The van der Waals surface area contributed by atoms with Crippen molar-refractivity contribution >= 4 is 39.2 Å². The summed E-state index contributed by atoms with van der Waals surface area (Å²) in [6, 6.07) is 5.85. The van der Waals surface area contributed by atoms with Gasteiger partial charge in [0.15, 0.2) is 0 Å². The molecule has 9 nitrogen and oxygen atoms in total. The predicted octanol–water partition coefficient (Wildman–Crippen LogP) is 3.06. The van der Waals surface area contributed by atoms with Crippen LogP contribution in [0.3, 0.4) is 0 Å². The molecule has 0 radical (unpaired) electrons. The van der Waals surface area contributed by atoms with Crippen molar-refractivity contribution in [3.05, 3.63) is 69.3 Å². The first kappa shape index (κ1) is 23.5. The zero-order chi connectivity index (χ0) is 23.6. The highest BCUT2D eigenvalue weighted by Crippen LogP contribution is 2.35. The molecule has 0 bridgehead atoms.